The van der Waals surface area contributed by atoms with E-state index in [2.05, 4.69) is 57.5 Å². The Bertz CT molecular complexity index is 3160. The van der Waals surface area contributed by atoms with Gasteiger partial charge in [0.15, 0.2) is 23.7 Å². The lowest BCUT2D eigenvalue weighted by Crippen LogP contribution is -2.60. The van der Waals surface area contributed by atoms with E-state index in [1.807, 2.05) is 36.4 Å². The Morgan fingerprint density at radius 1 is 0.521 bits per heavy atom. The van der Waals surface area contributed by atoms with Crippen LogP contribution in [-0.2, 0) is 70.3 Å². The van der Waals surface area contributed by atoms with Gasteiger partial charge in [-0.05, 0) is 98.9 Å². The summed E-state index contributed by atoms with van der Waals surface area (Å²) in [4.78, 5) is 155. The van der Waals surface area contributed by atoms with Crippen LogP contribution in [-0.4, -0.2) is 178 Å². The monoisotopic (exact) mass is 1340 g/mol. The number of rotatable bonds is 36. The summed E-state index contributed by atoms with van der Waals surface area (Å²) >= 11 is 0. The van der Waals surface area contributed by atoms with Crippen molar-refractivity contribution in [1.82, 2.24) is 42.5 Å². The Labute approximate surface area is 558 Å². The van der Waals surface area contributed by atoms with Gasteiger partial charge in [0.2, 0.25) is 53.2 Å². The zero-order valence-corrected chi connectivity index (χ0v) is 54.6. The van der Waals surface area contributed by atoms with Gasteiger partial charge in [0.05, 0.1) is 25.1 Å². The fourth-order valence-corrected chi connectivity index (χ4v) is 10.5. The Morgan fingerprint density at radius 2 is 1.02 bits per heavy atom. The van der Waals surface area contributed by atoms with E-state index in [1.165, 1.54) is 7.11 Å². The summed E-state index contributed by atoms with van der Waals surface area (Å²) < 4.78 is 10.1. The lowest BCUT2D eigenvalue weighted by atomic mass is 9.90. The van der Waals surface area contributed by atoms with Gasteiger partial charge >= 0.3 is 0 Å². The standard InChI is InChI=1S/C64H98N20O12/c1-95-32-33-96-38-54(87)78-45(55(67)88)20-9-10-28-74-53(86)27-26-48-59(92)83-49(35-39-14-3-2-4-15-39)61(94)84-50(36-40-24-25-41-16-5-6-17-42(41)34-40)60(93)81-47(22-13-31-77-64(72)73)57(90)79-44(19-7-8-23-52(65)66)51(85)37-43(18-11-29-75-62(68)69)56(89)80-46(58(91)82-48)21-12-30-76-63(70)71/h2-6,14-17,24-25,34,43-50H,7-13,18-23,26-33,35-38H2,1H3,(H3,65,66)(H2,67,88)(H,74,86)(H,78,87)(H,79,90)(H,80,89)(H,81,93)(H,82,91)(H,83,92)(H,84,94)(H4,68,69,75)(H4,70,71,76)(H4,72,73,77)/t43-,44-,45+,46-,47+,48+,49-,50+/m1/s1. The molecule has 0 aliphatic carbocycles. The third-order valence-corrected chi connectivity index (χ3v) is 15.6. The molecule has 0 bridgehead atoms. The second-order valence-corrected chi connectivity index (χ2v) is 23.4. The summed E-state index contributed by atoms with van der Waals surface area (Å²) in [6.45, 7) is 0.225. The number of guanidine groups is 3. The molecule has 526 valence electrons. The average molecular weight is 1340 g/mol. The van der Waals surface area contributed by atoms with E-state index in [0.717, 1.165) is 10.8 Å². The summed E-state index contributed by atoms with van der Waals surface area (Å²) in [5, 5.41) is 31.6. The molecule has 32 nitrogen and oxygen atoms in total. The molecule has 25 N–H and O–H groups in total. The third kappa shape index (κ3) is 30.8. The summed E-state index contributed by atoms with van der Waals surface area (Å²) in [5.41, 5.74) is 46.2. The van der Waals surface area contributed by atoms with Crippen molar-refractivity contribution in [2.45, 2.75) is 158 Å². The van der Waals surface area contributed by atoms with Gasteiger partial charge in [-0.3, -0.25) is 68.3 Å². The molecule has 1 fully saturated rings. The van der Waals surface area contributed by atoms with Gasteiger partial charge in [-0.1, -0.05) is 79.2 Å². The van der Waals surface area contributed by atoms with Crippen LogP contribution in [0.15, 0.2) is 87.8 Å². The number of unbranched alkanes of at least 4 members (excludes halogenated alkanes) is 2. The van der Waals surface area contributed by atoms with Crippen molar-refractivity contribution in [3.63, 3.8) is 0 Å². The highest BCUT2D eigenvalue weighted by molar-refractivity contribution is 5.99. The van der Waals surface area contributed by atoms with E-state index in [1.54, 1.807) is 36.4 Å². The van der Waals surface area contributed by atoms with Gasteiger partial charge in [0.25, 0.3) is 0 Å². The molecule has 1 aliphatic heterocycles. The molecular weight excluding hydrogens is 1240 g/mol. The number of amides is 9. The van der Waals surface area contributed by atoms with Gasteiger partial charge in [-0.15, -0.1) is 0 Å². The molecule has 0 radical (unpaired) electrons. The van der Waals surface area contributed by atoms with Crippen molar-refractivity contribution in [2.75, 3.05) is 53.1 Å². The van der Waals surface area contributed by atoms with Crippen LogP contribution in [0.1, 0.15) is 114 Å². The van der Waals surface area contributed by atoms with Crippen molar-refractivity contribution in [3.05, 3.63) is 83.9 Å². The second-order valence-electron chi connectivity index (χ2n) is 23.4. The smallest absolute Gasteiger partial charge is 0.246 e. The highest BCUT2D eigenvalue weighted by atomic mass is 16.5. The molecule has 4 rings (SSSR count). The Hall–Kier alpha value is -9.98. The van der Waals surface area contributed by atoms with Crippen LogP contribution >= 0.6 is 0 Å². The zero-order chi connectivity index (χ0) is 70.4. The molecule has 1 heterocycles. The predicted octanol–water partition coefficient (Wildman–Crippen LogP) is -2.52. The largest absolute Gasteiger partial charge is 0.388 e. The van der Waals surface area contributed by atoms with Crippen LogP contribution in [0.25, 0.3) is 10.8 Å². The molecule has 32 heteroatoms. The number of primary amides is 1. The number of nitrogens with zero attached hydrogens (tertiary/aromatic N) is 3. The van der Waals surface area contributed by atoms with Crippen molar-refractivity contribution in [3.8, 4) is 0 Å². The molecule has 1 aliphatic rings. The maximum atomic E-state index is 15.2. The molecule has 0 saturated carbocycles. The number of amidine groups is 1. The summed E-state index contributed by atoms with van der Waals surface area (Å²) in [7, 11) is 1.48. The quantitative estimate of drug-likeness (QED) is 0.0162. The average Bonchev–Trinajstić information content (AvgIpc) is 0.917. The molecule has 9 amide bonds. The van der Waals surface area contributed by atoms with Gasteiger partial charge in [0, 0.05) is 71.3 Å². The molecule has 3 aromatic rings. The normalized spacial score (nSPS) is 19.5. The minimum atomic E-state index is -1.60. The van der Waals surface area contributed by atoms with Crippen molar-refractivity contribution >= 4 is 93.4 Å². The van der Waals surface area contributed by atoms with E-state index >= 15 is 14.4 Å². The SMILES string of the molecule is COCCOCC(=O)N[C@@H](CCCCNC(=O)CC[C@@H]1NC(=O)[C@@H](CCCN=C(N)N)NC(=O)[C@H](CCCN=C(N)N)CC(=O)[C@@H](CCCCC(=N)N)NC(=O)[C@H](CCCN=C(N)N)NC(=O)[C@H](Cc2ccc3ccccc3c2)NC(=O)[C@@H](Cc2ccccc2)NC1=O)C(N)=O. The number of hydrogen-bond donors (Lipinski definition) is 17. The number of carbonyl (C=O) groups is 10. The zero-order valence-electron chi connectivity index (χ0n) is 54.6. The van der Waals surface area contributed by atoms with Crippen LogP contribution in [0, 0.1) is 11.3 Å². The summed E-state index contributed by atoms with van der Waals surface area (Å²) in [6, 6.07) is 11.8. The summed E-state index contributed by atoms with van der Waals surface area (Å²) in [6.07, 6.45) is 0.106. The number of aliphatic imine (C=N–C) groups is 3. The number of benzene rings is 3. The number of nitrogens with two attached hydrogens (primary N) is 8. The Kier molecular flexibility index (Phi) is 35.2. The van der Waals surface area contributed by atoms with Crippen LogP contribution in [0.2, 0.25) is 0 Å². The maximum Gasteiger partial charge on any atom is 0.246 e. The van der Waals surface area contributed by atoms with E-state index < -0.39 is 114 Å². The number of hydrogen-bond acceptors (Lipinski definition) is 16. The molecule has 0 spiro atoms. The minimum absolute atomic E-state index is 0.0000720. The number of carbonyl (C=O) groups excluding carboxylic acids is 10. The fourth-order valence-electron chi connectivity index (χ4n) is 10.5. The third-order valence-electron chi connectivity index (χ3n) is 15.6. The molecular formula is C64H98N20O12. The molecule has 96 heavy (non-hydrogen) atoms. The van der Waals surface area contributed by atoms with E-state index in [4.69, 9.17) is 60.8 Å². The first kappa shape index (κ1) is 78.5. The van der Waals surface area contributed by atoms with E-state index in [9.17, 15) is 33.6 Å². The van der Waals surface area contributed by atoms with Gasteiger partial charge in [0.1, 0.15) is 42.9 Å². The van der Waals surface area contributed by atoms with E-state index in [0.29, 0.717) is 30.4 Å². The number of Topliss-reactive ketones (excluding diaryl/α,β-unsaturated/α-hetero) is 1. The molecule has 1 saturated heterocycles. The van der Waals surface area contributed by atoms with Crippen molar-refractivity contribution in [2.24, 2.45) is 66.8 Å². The molecule has 3 aromatic carbocycles. The van der Waals surface area contributed by atoms with Crippen LogP contribution < -0.4 is 88.4 Å². The topological polar surface area (TPSA) is 554 Å². The first-order valence-corrected chi connectivity index (χ1v) is 32.2. The maximum absolute atomic E-state index is 15.2. The lowest BCUT2D eigenvalue weighted by Gasteiger charge is -2.28. The van der Waals surface area contributed by atoms with Crippen molar-refractivity contribution < 1.29 is 57.4 Å². The van der Waals surface area contributed by atoms with Crippen LogP contribution in [0.5, 0.6) is 0 Å². The van der Waals surface area contributed by atoms with Gasteiger partial charge in [-0.2, -0.15) is 0 Å². The van der Waals surface area contributed by atoms with Crippen LogP contribution in [0.3, 0.4) is 0 Å². The van der Waals surface area contributed by atoms with Gasteiger partial charge in [-0.25, -0.2) is 0 Å². The van der Waals surface area contributed by atoms with Crippen molar-refractivity contribution in [1.29, 1.82) is 5.41 Å². The highest BCUT2D eigenvalue weighted by Crippen LogP contribution is 2.21. The Balaban J connectivity index is 1.86. The second kappa shape index (κ2) is 43.1. The Morgan fingerprint density at radius 3 is 1.58 bits per heavy atom. The predicted molar refractivity (Wildman–Crippen MR) is 363 cm³/mol. The van der Waals surface area contributed by atoms with Gasteiger partial charge < -0.3 is 97.9 Å². The highest BCUT2D eigenvalue weighted by Gasteiger charge is 2.36. The number of ether oxygens (including phenoxy) is 2. The summed E-state index contributed by atoms with van der Waals surface area (Å²) in [5.74, 6) is -9.69. The first-order valence-electron chi connectivity index (χ1n) is 32.2. The molecule has 8 atom stereocenters. The molecule has 0 aromatic heterocycles. The number of methoxy groups -OCH3 is 1. The molecule has 0 unspecified atom stereocenters. The first-order chi connectivity index (χ1) is 45.9. The number of fused-ring (bicyclic) bond motifs is 1. The number of ketones is 1. The van der Waals surface area contributed by atoms with Crippen LogP contribution in [0.4, 0.5) is 0 Å². The minimum Gasteiger partial charge on any atom is -0.388 e. The number of nitrogens with one attached hydrogen (secondary N) is 9. The fraction of sp³-hybridized carbons (Fsp3) is 0.531. The van der Waals surface area contributed by atoms with E-state index in [-0.39, 0.29) is 160 Å². The lowest BCUT2D eigenvalue weighted by molar-refractivity contribution is -0.136.